The standard InChI is InChI=1S/C16H24N4O2/c1-20(2)12-9-10-13-14(11-12)18-15(17-13)7-5-3-4-6-8-16(21)19-22/h9-11,22H,3-8H2,1-2H3,(H,17,18)(H,19,21). The molecule has 0 atom stereocenters. The minimum atomic E-state index is -0.311. The summed E-state index contributed by atoms with van der Waals surface area (Å²) in [5.74, 6) is 0.702. The van der Waals surface area contributed by atoms with Crippen LogP contribution >= 0.6 is 0 Å². The highest BCUT2D eigenvalue weighted by Gasteiger charge is 2.05. The molecule has 0 saturated heterocycles. The maximum atomic E-state index is 10.9. The summed E-state index contributed by atoms with van der Waals surface area (Å²) in [6.45, 7) is 0. The average molecular weight is 304 g/mol. The Labute approximate surface area is 130 Å². The van der Waals surface area contributed by atoms with Gasteiger partial charge in [0.2, 0.25) is 5.91 Å². The third-order valence-corrected chi connectivity index (χ3v) is 3.72. The highest BCUT2D eigenvalue weighted by atomic mass is 16.5. The van der Waals surface area contributed by atoms with Gasteiger partial charge in [-0.2, -0.15) is 0 Å². The molecule has 3 N–H and O–H groups in total. The smallest absolute Gasteiger partial charge is 0.243 e. The van der Waals surface area contributed by atoms with E-state index in [9.17, 15) is 4.79 Å². The molecule has 1 aromatic heterocycles. The van der Waals surface area contributed by atoms with Crippen molar-refractivity contribution in [2.24, 2.45) is 0 Å². The number of imidazole rings is 1. The topological polar surface area (TPSA) is 81.2 Å². The van der Waals surface area contributed by atoms with Gasteiger partial charge in [0.1, 0.15) is 5.82 Å². The molecule has 6 heteroatoms. The number of unbranched alkanes of at least 4 members (excludes halogenated alkanes) is 3. The molecule has 1 aromatic carbocycles. The number of amides is 1. The van der Waals surface area contributed by atoms with E-state index in [4.69, 9.17) is 5.21 Å². The Balaban J connectivity index is 1.78. The lowest BCUT2D eigenvalue weighted by molar-refractivity contribution is -0.129. The third kappa shape index (κ3) is 4.46. The van der Waals surface area contributed by atoms with Crippen LogP contribution in [0.25, 0.3) is 11.0 Å². The number of benzene rings is 1. The van der Waals surface area contributed by atoms with Gasteiger partial charge in [0.05, 0.1) is 11.0 Å². The number of hydrogen-bond donors (Lipinski definition) is 3. The van der Waals surface area contributed by atoms with Crippen LogP contribution in [0.15, 0.2) is 18.2 Å². The Morgan fingerprint density at radius 2 is 2.05 bits per heavy atom. The summed E-state index contributed by atoms with van der Waals surface area (Å²) in [5, 5.41) is 8.39. The zero-order valence-electron chi connectivity index (χ0n) is 13.2. The number of aromatic amines is 1. The lowest BCUT2D eigenvalue weighted by Crippen LogP contribution is -2.17. The largest absolute Gasteiger partial charge is 0.378 e. The molecule has 0 unspecified atom stereocenters. The van der Waals surface area contributed by atoms with E-state index < -0.39 is 0 Å². The molecule has 0 saturated carbocycles. The van der Waals surface area contributed by atoms with Crippen LogP contribution in [0.4, 0.5) is 5.69 Å². The summed E-state index contributed by atoms with van der Waals surface area (Å²) in [5.41, 5.74) is 4.88. The molecule has 22 heavy (non-hydrogen) atoms. The number of nitrogens with one attached hydrogen (secondary N) is 2. The highest BCUT2D eigenvalue weighted by molar-refractivity contribution is 5.79. The number of carbonyl (C=O) groups is 1. The van der Waals surface area contributed by atoms with Gasteiger partial charge < -0.3 is 9.88 Å². The Morgan fingerprint density at radius 3 is 2.77 bits per heavy atom. The molecule has 0 spiro atoms. The quantitative estimate of drug-likeness (QED) is 0.398. The summed E-state index contributed by atoms with van der Waals surface area (Å²) in [7, 11) is 4.05. The minimum Gasteiger partial charge on any atom is -0.378 e. The second kappa shape index (κ2) is 7.79. The van der Waals surface area contributed by atoms with Gasteiger partial charge in [-0.25, -0.2) is 10.5 Å². The Hall–Kier alpha value is -2.08. The molecule has 2 aromatic rings. The number of hydrogen-bond acceptors (Lipinski definition) is 4. The van der Waals surface area contributed by atoms with Crippen molar-refractivity contribution in [2.45, 2.75) is 38.5 Å². The number of aromatic nitrogens is 2. The fraction of sp³-hybridized carbons (Fsp3) is 0.500. The molecule has 1 amide bonds. The molecular weight excluding hydrogens is 280 g/mol. The van der Waals surface area contributed by atoms with E-state index >= 15 is 0 Å². The van der Waals surface area contributed by atoms with Gasteiger partial charge in [-0.05, 0) is 31.0 Å². The maximum Gasteiger partial charge on any atom is 0.243 e. The van der Waals surface area contributed by atoms with Crippen molar-refractivity contribution in [3.05, 3.63) is 24.0 Å². The van der Waals surface area contributed by atoms with Gasteiger partial charge in [-0.1, -0.05) is 12.8 Å². The van der Waals surface area contributed by atoms with Crippen LogP contribution in [0, 0.1) is 0 Å². The van der Waals surface area contributed by atoms with E-state index in [0.29, 0.717) is 6.42 Å². The first kappa shape index (κ1) is 16.3. The van der Waals surface area contributed by atoms with E-state index in [1.54, 1.807) is 5.48 Å². The van der Waals surface area contributed by atoms with Crippen LogP contribution in [-0.4, -0.2) is 35.2 Å². The minimum absolute atomic E-state index is 0.311. The average Bonchev–Trinajstić information content (AvgIpc) is 2.91. The van der Waals surface area contributed by atoms with Crippen LogP contribution in [0.2, 0.25) is 0 Å². The number of H-pyrrole nitrogens is 1. The van der Waals surface area contributed by atoms with Crippen molar-refractivity contribution in [1.29, 1.82) is 0 Å². The number of fused-ring (bicyclic) bond motifs is 1. The van der Waals surface area contributed by atoms with Gasteiger partial charge in [0.25, 0.3) is 0 Å². The van der Waals surface area contributed by atoms with E-state index in [2.05, 4.69) is 27.0 Å². The lowest BCUT2D eigenvalue weighted by atomic mass is 10.1. The maximum absolute atomic E-state index is 10.9. The SMILES string of the molecule is CN(C)c1ccc2nc(CCCCCCC(=O)NO)[nH]c2c1. The van der Waals surface area contributed by atoms with Gasteiger partial charge in [-0.3, -0.25) is 10.0 Å². The van der Waals surface area contributed by atoms with E-state index in [-0.39, 0.29) is 5.91 Å². The first-order valence-electron chi connectivity index (χ1n) is 7.69. The zero-order chi connectivity index (χ0) is 15.9. The number of carbonyl (C=O) groups excluding carboxylic acids is 1. The predicted molar refractivity (Wildman–Crippen MR) is 87.1 cm³/mol. The summed E-state index contributed by atoms with van der Waals surface area (Å²) < 4.78 is 0. The fourth-order valence-corrected chi connectivity index (χ4v) is 2.43. The van der Waals surface area contributed by atoms with Crippen molar-refractivity contribution in [1.82, 2.24) is 15.4 Å². The molecule has 0 aliphatic rings. The number of nitrogens with zero attached hydrogens (tertiary/aromatic N) is 2. The summed E-state index contributed by atoms with van der Waals surface area (Å²) in [4.78, 5) is 20.9. The third-order valence-electron chi connectivity index (χ3n) is 3.72. The Kier molecular flexibility index (Phi) is 5.77. The van der Waals surface area contributed by atoms with Gasteiger partial charge in [0.15, 0.2) is 0 Å². The normalized spacial score (nSPS) is 10.9. The van der Waals surface area contributed by atoms with Crippen LogP contribution in [0.1, 0.15) is 37.9 Å². The molecule has 0 radical (unpaired) electrons. The Morgan fingerprint density at radius 1 is 1.27 bits per heavy atom. The van der Waals surface area contributed by atoms with Crippen LogP contribution in [0.3, 0.4) is 0 Å². The second-order valence-electron chi connectivity index (χ2n) is 5.73. The van der Waals surface area contributed by atoms with E-state index in [1.807, 2.05) is 20.2 Å². The number of hydroxylamine groups is 1. The van der Waals surface area contributed by atoms with Crippen molar-refractivity contribution < 1.29 is 10.0 Å². The molecular formula is C16H24N4O2. The second-order valence-corrected chi connectivity index (χ2v) is 5.73. The Bertz CT molecular complexity index is 622. The monoisotopic (exact) mass is 304 g/mol. The zero-order valence-corrected chi connectivity index (χ0v) is 13.2. The number of rotatable bonds is 8. The van der Waals surface area contributed by atoms with Gasteiger partial charge in [0, 0.05) is 32.6 Å². The molecule has 0 aliphatic carbocycles. The first-order chi connectivity index (χ1) is 10.6. The van der Waals surface area contributed by atoms with Crippen molar-refractivity contribution in [3.8, 4) is 0 Å². The summed E-state index contributed by atoms with van der Waals surface area (Å²) in [6, 6.07) is 6.22. The van der Waals surface area contributed by atoms with Crippen LogP contribution in [-0.2, 0) is 11.2 Å². The molecule has 120 valence electrons. The van der Waals surface area contributed by atoms with Crippen LogP contribution < -0.4 is 10.4 Å². The van der Waals surface area contributed by atoms with E-state index in [1.165, 1.54) is 0 Å². The van der Waals surface area contributed by atoms with E-state index in [0.717, 1.165) is 54.6 Å². The van der Waals surface area contributed by atoms with Crippen molar-refractivity contribution in [3.63, 3.8) is 0 Å². The number of aryl methyl sites for hydroxylation is 1. The predicted octanol–water partition coefficient (Wildman–Crippen LogP) is 2.63. The molecule has 1 heterocycles. The molecule has 0 bridgehead atoms. The first-order valence-corrected chi connectivity index (χ1v) is 7.69. The van der Waals surface area contributed by atoms with Crippen LogP contribution in [0.5, 0.6) is 0 Å². The van der Waals surface area contributed by atoms with Gasteiger partial charge in [-0.15, -0.1) is 0 Å². The molecule has 0 fully saturated rings. The highest BCUT2D eigenvalue weighted by Crippen LogP contribution is 2.19. The molecule has 6 nitrogen and oxygen atoms in total. The molecule has 2 rings (SSSR count). The van der Waals surface area contributed by atoms with Crippen molar-refractivity contribution in [2.75, 3.05) is 19.0 Å². The van der Waals surface area contributed by atoms with Gasteiger partial charge >= 0.3 is 0 Å². The summed E-state index contributed by atoms with van der Waals surface area (Å²) in [6.07, 6.45) is 5.18. The molecule has 0 aliphatic heterocycles. The summed E-state index contributed by atoms with van der Waals surface area (Å²) >= 11 is 0. The lowest BCUT2D eigenvalue weighted by Gasteiger charge is -2.11. The van der Waals surface area contributed by atoms with Crippen molar-refractivity contribution >= 4 is 22.6 Å². The fourth-order valence-electron chi connectivity index (χ4n) is 2.43. The number of anilines is 1.